The van der Waals surface area contributed by atoms with Crippen molar-refractivity contribution in [1.29, 1.82) is 0 Å². The molecule has 4 nitrogen and oxygen atoms in total. The molecule has 1 heterocycles. The largest absolute Gasteiger partial charge is 0.458 e. The van der Waals surface area contributed by atoms with Gasteiger partial charge in [-0.15, -0.1) is 0 Å². The molecule has 7 aliphatic rings. The number of hydrogen-bond acceptors (Lipinski definition) is 4. The van der Waals surface area contributed by atoms with E-state index in [-0.39, 0.29) is 22.9 Å². The molecule has 4 heteroatoms. The van der Waals surface area contributed by atoms with E-state index < -0.39 is 0 Å². The second-order valence-electron chi connectivity index (χ2n) is 12.0. The number of fused-ring (bicyclic) bond motifs is 3. The van der Waals surface area contributed by atoms with E-state index in [9.17, 15) is 14.7 Å². The molecule has 0 saturated heterocycles. The third-order valence-corrected chi connectivity index (χ3v) is 12.0. The van der Waals surface area contributed by atoms with Gasteiger partial charge in [-0.1, -0.05) is 6.92 Å². The van der Waals surface area contributed by atoms with Gasteiger partial charge < -0.3 is 14.6 Å². The number of aliphatic hydroxyl groups excluding tert-OH is 1. The number of carbonyl (C=O) groups is 2. The average Bonchev–Trinajstić information content (AvgIpc) is 3.09. The van der Waals surface area contributed by atoms with Crippen LogP contribution in [0.15, 0.2) is 11.6 Å². The van der Waals surface area contributed by atoms with E-state index >= 15 is 0 Å². The van der Waals surface area contributed by atoms with Crippen LogP contribution in [0.3, 0.4) is 0 Å². The zero-order chi connectivity index (χ0) is 19.8. The monoisotopic (exact) mass is 396 g/mol. The van der Waals surface area contributed by atoms with Crippen molar-refractivity contribution in [3.05, 3.63) is 11.6 Å². The number of cyclic esters (lactones) is 1. The summed E-state index contributed by atoms with van der Waals surface area (Å²) in [7, 11) is 0. The van der Waals surface area contributed by atoms with Crippen molar-refractivity contribution in [3.8, 4) is 0 Å². The van der Waals surface area contributed by atoms with E-state index in [1.54, 1.807) is 6.08 Å². The minimum Gasteiger partial charge on any atom is -0.458 e. The maximum absolute atomic E-state index is 12.7. The Hall–Kier alpha value is -1.16. The maximum atomic E-state index is 12.7. The highest BCUT2D eigenvalue weighted by molar-refractivity contribution is 5.85. The molecule has 1 aliphatic heterocycles. The van der Waals surface area contributed by atoms with Gasteiger partial charge in [0.05, 0.1) is 6.10 Å². The molecule has 0 radical (unpaired) electrons. The molecule has 0 aromatic rings. The Morgan fingerprint density at radius 3 is 2.69 bits per heavy atom. The Labute approximate surface area is 172 Å². The maximum Gasteiger partial charge on any atom is 0.331 e. The number of hydrogen-bond donors (Lipinski definition) is 1. The molecular formula is C25H32O4. The van der Waals surface area contributed by atoms with Crippen LogP contribution >= 0.6 is 0 Å². The lowest BCUT2D eigenvalue weighted by Crippen LogP contribution is -2.66. The molecule has 0 aromatic heterocycles. The Morgan fingerprint density at radius 2 is 1.97 bits per heavy atom. The first-order valence-corrected chi connectivity index (χ1v) is 11.9. The van der Waals surface area contributed by atoms with Crippen LogP contribution in [0.2, 0.25) is 0 Å². The molecule has 2 spiro atoms. The molecule has 6 saturated carbocycles. The summed E-state index contributed by atoms with van der Waals surface area (Å²) in [5, 5.41) is 10.4. The number of ether oxygens (including phenoxy) is 1. The van der Waals surface area contributed by atoms with E-state index in [1.807, 2.05) is 0 Å². The van der Waals surface area contributed by atoms with Crippen LogP contribution in [0.1, 0.15) is 64.7 Å². The van der Waals surface area contributed by atoms with E-state index in [0.717, 1.165) is 25.7 Å². The van der Waals surface area contributed by atoms with Crippen LogP contribution in [-0.4, -0.2) is 30.1 Å². The van der Waals surface area contributed by atoms with Crippen molar-refractivity contribution in [2.45, 2.75) is 70.8 Å². The van der Waals surface area contributed by atoms with E-state index in [1.165, 1.54) is 44.0 Å². The zero-order valence-electron chi connectivity index (χ0n) is 17.4. The lowest BCUT2D eigenvalue weighted by molar-refractivity contribution is -0.216. The van der Waals surface area contributed by atoms with Gasteiger partial charge in [0.15, 0.2) is 0 Å². The number of rotatable bonds is 2. The van der Waals surface area contributed by atoms with Crippen LogP contribution in [0.5, 0.6) is 0 Å². The van der Waals surface area contributed by atoms with Gasteiger partial charge in [0, 0.05) is 11.5 Å². The molecule has 6 fully saturated rings. The van der Waals surface area contributed by atoms with Gasteiger partial charge in [-0.05, 0) is 109 Å². The van der Waals surface area contributed by atoms with E-state index in [2.05, 4.69) is 6.92 Å². The number of esters is 1. The van der Waals surface area contributed by atoms with Gasteiger partial charge in [-0.3, -0.25) is 0 Å². The SMILES string of the molecule is C[C@@]12CCC3C(CC[C@@]45CC(O)CC4CC35C=O)C13CCC(C1=CC(=O)OC1)[C@H]32. The summed E-state index contributed by atoms with van der Waals surface area (Å²) >= 11 is 0. The topological polar surface area (TPSA) is 63.6 Å². The van der Waals surface area contributed by atoms with Gasteiger partial charge in [0.1, 0.15) is 12.9 Å². The lowest BCUT2D eigenvalue weighted by atomic mass is 9.34. The van der Waals surface area contributed by atoms with Crippen molar-refractivity contribution in [2.75, 3.05) is 6.61 Å². The molecule has 29 heavy (non-hydrogen) atoms. The normalized spacial score (nSPS) is 61.3. The Kier molecular flexibility index (Phi) is 3.02. The highest BCUT2D eigenvalue weighted by Crippen LogP contribution is 2.90. The van der Waals surface area contributed by atoms with E-state index in [4.69, 9.17) is 4.74 Å². The minimum atomic E-state index is -0.193. The standard InChI is InChI=1S/C25H32O4/c1-22-5-3-18-19(4-6-23-11-16(27)9-15(23)10-24(18,23)13-26)25(22)7-2-17(21(22)25)14-8-20(28)29-12-14/h8,13,15-19,21,27H,2-7,9-12H2,1H3/t15?,16?,17?,18?,19?,21-,22-,23+,24?,25?/m0/s1. The van der Waals surface area contributed by atoms with Crippen molar-refractivity contribution >= 4 is 12.3 Å². The first kappa shape index (κ1) is 17.5. The smallest absolute Gasteiger partial charge is 0.331 e. The molecule has 6 aliphatic carbocycles. The molecule has 7 unspecified atom stereocenters. The summed E-state index contributed by atoms with van der Waals surface area (Å²) in [5.74, 6) is 2.77. The summed E-state index contributed by atoms with van der Waals surface area (Å²) in [4.78, 5) is 24.4. The Balaban J connectivity index is 1.26. The summed E-state index contributed by atoms with van der Waals surface area (Å²) in [6, 6.07) is 0. The molecule has 7 rings (SSSR count). The van der Waals surface area contributed by atoms with Gasteiger partial charge in [0.2, 0.25) is 0 Å². The average molecular weight is 397 g/mol. The summed E-state index contributed by atoms with van der Waals surface area (Å²) in [5.41, 5.74) is 1.95. The van der Waals surface area contributed by atoms with Crippen LogP contribution < -0.4 is 0 Å². The van der Waals surface area contributed by atoms with Gasteiger partial charge >= 0.3 is 5.97 Å². The van der Waals surface area contributed by atoms with Crippen LogP contribution in [0.25, 0.3) is 0 Å². The zero-order valence-corrected chi connectivity index (χ0v) is 17.4. The fourth-order valence-corrected chi connectivity index (χ4v) is 11.2. The van der Waals surface area contributed by atoms with Gasteiger partial charge in [-0.2, -0.15) is 0 Å². The second-order valence-corrected chi connectivity index (χ2v) is 12.0. The van der Waals surface area contributed by atoms with Crippen molar-refractivity contribution in [1.82, 2.24) is 0 Å². The third kappa shape index (κ3) is 1.63. The molecule has 0 bridgehead atoms. The molecule has 0 aromatic carbocycles. The summed E-state index contributed by atoms with van der Waals surface area (Å²) in [6.07, 6.45) is 13.0. The fourth-order valence-electron chi connectivity index (χ4n) is 11.2. The minimum absolute atomic E-state index is 0.107. The lowest BCUT2D eigenvalue weighted by Gasteiger charge is -2.69. The first-order chi connectivity index (χ1) is 13.9. The van der Waals surface area contributed by atoms with Gasteiger partial charge in [0.25, 0.3) is 0 Å². The number of aldehydes is 1. The van der Waals surface area contributed by atoms with Crippen molar-refractivity contribution in [2.24, 2.45) is 51.2 Å². The number of carbonyl (C=O) groups excluding carboxylic acids is 2. The highest BCUT2D eigenvalue weighted by Gasteiger charge is 2.85. The molecule has 1 N–H and O–H groups in total. The van der Waals surface area contributed by atoms with Crippen molar-refractivity contribution in [3.63, 3.8) is 0 Å². The molecule has 0 amide bonds. The molecular weight excluding hydrogens is 364 g/mol. The highest BCUT2D eigenvalue weighted by atomic mass is 16.5. The second kappa shape index (κ2) is 5.00. The third-order valence-electron chi connectivity index (χ3n) is 12.0. The Morgan fingerprint density at radius 1 is 1.14 bits per heavy atom. The van der Waals surface area contributed by atoms with E-state index in [0.29, 0.717) is 47.0 Å². The molecule has 10 atom stereocenters. The van der Waals surface area contributed by atoms with Crippen LogP contribution in [0.4, 0.5) is 0 Å². The Bertz CT molecular complexity index is 863. The predicted octanol–water partition coefficient (Wildman–Crippen LogP) is 3.67. The number of aliphatic hydroxyl groups is 1. The molecule has 156 valence electrons. The van der Waals surface area contributed by atoms with Crippen LogP contribution in [-0.2, 0) is 14.3 Å². The summed E-state index contributed by atoms with van der Waals surface area (Å²) < 4.78 is 5.26. The van der Waals surface area contributed by atoms with Gasteiger partial charge in [-0.25, -0.2) is 4.79 Å². The van der Waals surface area contributed by atoms with Crippen LogP contribution in [0, 0.1) is 51.2 Å². The fraction of sp³-hybridized carbons (Fsp3) is 0.840. The summed E-state index contributed by atoms with van der Waals surface area (Å²) in [6.45, 7) is 3.01. The predicted molar refractivity (Wildman–Crippen MR) is 106 cm³/mol. The van der Waals surface area contributed by atoms with Crippen molar-refractivity contribution < 1.29 is 19.4 Å². The first-order valence-electron chi connectivity index (χ1n) is 11.9. The quantitative estimate of drug-likeness (QED) is 0.571.